The first-order chi connectivity index (χ1) is 12.1. The largest absolute Gasteiger partial charge is 0.487 e. The van der Waals surface area contributed by atoms with Gasteiger partial charge in [-0.05, 0) is 11.6 Å². The van der Waals surface area contributed by atoms with Crippen molar-refractivity contribution in [2.75, 3.05) is 11.9 Å². The molecule has 6 heteroatoms. The third-order valence-corrected chi connectivity index (χ3v) is 4.29. The molecular weight excluding hydrogens is 320 g/mol. The molecule has 0 bridgehead atoms. The van der Waals surface area contributed by atoms with E-state index in [9.17, 15) is 9.59 Å². The van der Waals surface area contributed by atoms with Crippen molar-refractivity contribution in [2.45, 2.75) is 13.2 Å². The van der Waals surface area contributed by atoms with E-state index >= 15 is 0 Å². The standard InChI is InChI=1S/C19H16N2O4/c22-16(23)9-20-8-11-5-6-13-12(7-11)10-25-18(13)17-14-3-1-2-4-15(14)21-19(17)24/h1-7,20H,8-10H2,(H,21,24)(H,22,23). The Morgan fingerprint density at radius 1 is 1.20 bits per heavy atom. The molecule has 0 aliphatic carbocycles. The van der Waals surface area contributed by atoms with Crippen LogP contribution in [0.1, 0.15) is 22.3 Å². The van der Waals surface area contributed by atoms with Crippen LogP contribution < -0.4 is 10.6 Å². The number of carboxylic acid groups (broad SMARTS) is 1. The summed E-state index contributed by atoms with van der Waals surface area (Å²) >= 11 is 0. The van der Waals surface area contributed by atoms with Crippen molar-refractivity contribution in [1.29, 1.82) is 0 Å². The van der Waals surface area contributed by atoms with E-state index in [1.165, 1.54) is 0 Å². The molecule has 0 saturated heterocycles. The van der Waals surface area contributed by atoms with E-state index in [0.29, 0.717) is 24.5 Å². The molecule has 0 radical (unpaired) electrons. The van der Waals surface area contributed by atoms with Gasteiger partial charge in [0.05, 0.1) is 12.1 Å². The fourth-order valence-corrected chi connectivity index (χ4v) is 3.19. The van der Waals surface area contributed by atoms with E-state index in [4.69, 9.17) is 9.84 Å². The number of carboxylic acids is 1. The van der Waals surface area contributed by atoms with Crippen LogP contribution in [0.15, 0.2) is 42.5 Å². The van der Waals surface area contributed by atoms with E-state index in [1.807, 2.05) is 42.5 Å². The number of ether oxygens (including phenoxy) is 1. The zero-order chi connectivity index (χ0) is 17.4. The summed E-state index contributed by atoms with van der Waals surface area (Å²) in [5, 5.41) is 14.4. The number of benzene rings is 2. The van der Waals surface area contributed by atoms with Crippen molar-refractivity contribution in [3.05, 3.63) is 64.7 Å². The molecule has 126 valence electrons. The lowest BCUT2D eigenvalue weighted by atomic mass is 9.99. The maximum absolute atomic E-state index is 12.4. The predicted molar refractivity (Wildman–Crippen MR) is 92.5 cm³/mol. The normalized spacial score (nSPS) is 17.7. The van der Waals surface area contributed by atoms with E-state index in [2.05, 4.69) is 10.6 Å². The molecule has 1 amide bonds. The molecule has 3 N–H and O–H groups in total. The summed E-state index contributed by atoms with van der Waals surface area (Å²) in [4.78, 5) is 23.0. The molecule has 0 saturated carbocycles. The van der Waals surface area contributed by atoms with Crippen molar-refractivity contribution in [3.8, 4) is 0 Å². The van der Waals surface area contributed by atoms with Gasteiger partial charge in [-0.25, -0.2) is 0 Å². The quantitative estimate of drug-likeness (QED) is 0.745. The van der Waals surface area contributed by atoms with E-state index in [0.717, 1.165) is 27.9 Å². The molecule has 4 rings (SSSR count). The summed E-state index contributed by atoms with van der Waals surface area (Å²) < 4.78 is 5.84. The highest BCUT2D eigenvalue weighted by Gasteiger charge is 2.32. The van der Waals surface area contributed by atoms with Crippen molar-refractivity contribution in [1.82, 2.24) is 5.32 Å². The second kappa shape index (κ2) is 6.07. The lowest BCUT2D eigenvalue weighted by Crippen LogP contribution is -2.21. The predicted octanol–water partition coefficient (Wildman–Crippen LogP) is 2.21. The summed E-state index contributed by atoms with van der Waals surface area (Å²) in [6.45, 7) is 0.783. The SMILES string of the molecule is O=C(O)CNCc1ccc2c(c1)COC2=C1C(=O)Nc2ccccc21. The molecule has 2 aliphatic heterocycles. The highest BCUT2D eigenvalue weighted by atomic mass is 16.5. The maximum atomic E-state index is 12.4. The molecule has 25 heavy (non-hydrogen) atoms. The highest BCUT2D eigenvalue weighted by molar-refractivity contribution is 6.36. The summed E-state index contributed by atoms with van der Waals surface area (Å²) in [5.74, 6) is -0.443. The van der Waals surface area contributed by atoms with Crippen LogP contribution in [0.3, 0.4) is 0 Å². The van der Waals surface area contributed by atoms with E-state index < -0.39 is 5.97 Å². The summed E-state index contributed by atoms with van der Waals surface area (Å²) in [7, 11) is 0. The average Bonchev–Trinajstić information content (AvgIpc) is 3.13. The number of rotatable bonds is 4. The van der Waals surface area contributed by atoms with Crippen LogP contribution in [-0.2, 0) is 27.5 Å². The van der Waals surface area contributed by atoms with Gasteiger partial charge in [0, 0.05) is 28.9 Å². The minimum Gasteiger partial charge on any atom is -0.487 e. The third-order valence-electron chi connectivity index (χ3n) is 4.29. The number of aliphatic carboxylic acids is 1. The molecular formula is C19H16N2O4. The minimum atomic E-state index is -0.887. The van der Waals surface area contributed by atoms with Crippen LogP contribution in [0.2, 0.25) is 0 Å². The van der Waals surface area contributed by atoms with E-state index in [1.54, 1.807) is 0 Å². The molecule has 0 unspecified atom stereocenters. The monoisotopic (exact) mass is 336 g/mol. The van der Waals surface area contributed by atoms with E-state index in [-0.39, 0.29) is 12.5 Å². The number of carbonyl (C=O) groups excluding carboxylic acids is 1. The van der Waals surface area contributed by atoms with Gasteiger partial charge in [0.15, 0.2) is 0 Å². The Kier molecular flexibility index (Phi) is 3.74. The molecule has 2 aromatic carbocycles. The summed E-state index contributed by atoms with van der Waals surface area (Å²) in [6.07, 6.45) is 0. The number of amides is 1. The fourth-order valence-electron chi connectivity index (χ4n) is 3.19. The fraction of sp³-hybridized carbons (Fsp3) is 0.158. The van der Waals surface area contributed by atoms with Crippen molar-refractivity contribution < 1.29 is 19.4 Å². The average molecular weight is 336 g/mol. The van der Waals surface area contributed by atoms with Crippen LogP contribution >= 0.6 is 0 Å². The summed E-state index contributed by atoms with van der Waals surface area (Å²) in [6, 6.07) is 13.4. The second-order valence-corrected chi connectivity index (χ2v) is 5.98. The number of fused-ring (bicyclic) bond motifs is 2. The van der Waals surface area contributed by atoms with Gasteiger partial charge in [-0.3, -0.25) is 9.59 Å². The minimum absolute atomic E-state index is 0.0835. The Morgan fingerprint density at radius 3 is 2.88 bits per heavy atom. The van der Waals surface area contributed by atoms with Crippen molar-refractivity contribution >= 4 is 28.9 Å². The van der Waals surface area contributed by atoms with Crippen LogP contribution in [-0.4, -0.2) is 23.5 Å². The maximum Gasteiger partial charge on any atom is 0.317 e. The van der Waals surface area contributed by atoms with Gasteiger partial charge in [0.25, 0.3) is 5.91 Å². The van der Waals surface area contributed by atoms with Crippen LogP contribution in [0.5, 0.6) is 0 Å². The summed E-state index contributed by atoms with van der Waals surface area (Å²) in [5.41, 5.74) is 5.08. The van der Waals surface area contributed by atoms with Gasteiger partial charge < -0.3 is 20.5 Å². The van der Waals surface area contributed by atoms with Gasteiger partial charge in [0.1, 0.15) is 12.4 Å². The molecule has 6 nitrogen and oxygen atoms in total. The van der Waals surface area contributed by atoms with Gasteiger partial charge in [-0.15, -0.1) is 0 Å². The topological polar surface area (TPSA) is 87.7 Å². The number of hydrogen-bond acceptors (Lipinski definition) is 4. The first-order valence-electron chi connectivity index (χ1n) is 7.96. The molecule has 0 atom stereocenters. The van der Waals surface area contributed by atoms with Gasteiger partial charge in [-0.2, -0.15) is 0 Å². The van der Waals surface area contributed by atoms with Crippen molar-refractivity contribution in [3.63, 3.8) is 0 Å². The molecule has 2 heterocycles. The number of anilines is 1. The number of hydrogen-bond donors (Lipinski definition) is 3. The highest BCUT2D eigenvalue weighted by Crippen LogP contribution is 2.41. The molecule has 0 fully saturated rings. The van der Waals surface area contributed by atoms with Gasteiger partial charge in [0.2, 0.25) is 0 Å². The van der Waals surface area contributed by atoms with Crippen molar-refractivity contribution in [2.24, 2.45) is 0 Å². The number of para-hydroxylation sites is 1. The second-order valence-electron chi connectivity index (χ2n) is 5.98. The Labute approximate surface area is 144 Å². The first kappa shape index (κ1) is 15.4. The molecule has 0 aromatic heterocycles. The Hall–Kier alpha value is -3.12. The molecule has 2 aromatic rings. The first-order valence-corrected chi connectivity index (χ1v) is 7.96. The zero-order valence-electron chi connectivity index (χ0n) is 13.3. The van der Waals surface area contributed by atoms with Crippen LogP contribution in [0, 0.1) is 0 Å². The van der Waals surface area contributed by atoms with Gasteiger partial charge >= 0.3 is 5.97 Å². The Morgan fingerprint density at radius 2 is 2.04 bits per heavy atom. The van der Waals surface area contributed by atoms with Crippen LogP contribution in [0.25, 0.3) is 11.3 Å². The number of carbonyl (C=O) groups is 2. The molecule has 0 spiro atoms. The van der Waals surface area contributed by atoms with Crippen LogP contribution in [0.4, 0.5) is 5.69 Å². The Bertz CT molecular complexity index is 917. The Balaban J connectivity index is 1.67. The number of nitrogens with one attached hydrogen (secondary N) is 2. The zero-order valence-corrected chi connectivity index (χ0v) is 13.3. The lowest BCUT2D eigenvalue weighted by Gasteiger charge is -2.06. The molecule has 2 aliphatic rings. The third kappa shape index (κ3) is 2.77. The van der Waals surface area contributed by atoms with Gasteiger partial charge in [-0.1, -0.05) is 36.4 Å². The lowest BCUT2D eigenvalue weighted by molar-refractivity contribution is -0.136. The smallest absolute Gasteiger partial charge is 0.317 e.